The van der Waals surface area contributed by atoms with E-state index in [9.17, 15) is 9.59 Å². The molecule has 0 saturated heterocycles. The van der Waals surface area contributed by atoms with Crippen molar-refractivity contribution in [1.29, 1.82) is 0 Å². The number of amides is 1. The largest absolute Gasteiger partial charge is 0.493 e. The van der Waals surface area contributed by atoms with E-state index in [-0.39, 0.29) is 24.5 Å². The number of nitrogens with zero attached hydrogens (tertiary/aromatic N) is 1. The van der Waals surface area contributed by atoms with Crippen LogP contribution in [-0.2, 0) is 4.79 Å². The lowest BCUT2D eigenvalue weighted by Crippen LogP contribution is -2.15. The molecule has 0 atom stereocenters. The molecule has 0 unspecified atom stereocenters. The van der Waals surface area contributed by atoms with E-state index in [1.165, 1.54) is 11.3 Å². The summed E-state index contributed by atoms with van der Waals surface area (Å²) >= 11 is 1.43. The summed E-state index contributed by atoms with van der Waals surface area (Å²) in [5.74, 6) is 0.450. The minimum Gasteiger partial charge on any atom is -0.493 e. The zero-order chi connectivity index (χ0) is 15.5. The molecule has 0 aliphatic rings. The first-order chi connectivity index (χ1) is 10.6. The molecule has 0 fully saturated rings. The fourth-order valence-electron chi connectivity index (χ4n) is 1.96. The fourth-order valence-corrected chi connectivity index (χ4v) is 2.64. The summed E-state index contributed by atoms with van der Waals surface area (Å²) in [5.41, 5.74) is 0.505. The molecule has 0 bridgehead atoms. The number of ether oxygens (including phenoxy) is 1. The van der Waals surface area contributed by atoms with Gasteiger partial charge >= 0.3 is 0 Å². The minimum absolute atomic E-state index is 0.148. The van der Waals surface area contributed by atoms with Gasteiger partial charge in [-0.1, -0.05) is 0 Å². The Labute approximate surface area is 129 Å². The molecule has 2 heterocycles. The van der Waals surface area contributed by atoms with E-state index >= 15 is 0 Å². The molecule has 114 valence electrons. The Morgan fingerprint density at radius 3 is 3.05 bits per heavy atom. The van der Waals surface area contributed by atoms with Crippen LogP contribution in [0.4, 0.5) is 5.13 Å². The molecule has 2 aromatic heterocycles. The van der Waals surface area contributed by atoms with Gasteiger partial charge in [0.1, 0.15) is 5.75 Å². The Hall–Kier alpha value is -2.61. The second-order valence-corrected chi connectivity index (χ2v) is 5.94. The van der Waals surface area contributed by atoms with Crippen LogP contribution < -0.4 is 15.6 Å². The summed E-state index contributed by atoms with van der Waals surface area (Å²) in [5, 5.41) is 9.14. The second kappa shape index (κ2) is 6.02. The van der Waals surface area contributed by atoms with Gasteiger partial charge < -0.3 is 10.1 Å². The molecule has 0 saturated carbocycles. The van der Waals surface area contributed by atoms with Gasteiger partial charge in [0.05, 0.1) is 23.9 Å². The molecule has 0 aliphatic heterocycles. The third-order valence-corrected chi connectivity index (χ3v) is 3.84. The molecule has 1 amide bonds. The maximum absolute atomic E-state index is 11.8. The van der Waals surface area contributed by atoms with Gasteiger partial charge in [0.2, 0.25) is 5.91 Å². The number of fused-ring (bicyclic) bond motifs is 1. The first-order valence-electron chi connectivity index (χ1n) is 6.67. The van der Waals surface area contributed by atoms with Crippen molar-refractivity contribution >= 4 is 33.3 Å². The van der Waals surface area contributed by atoms with Gasteiger partial charge in [-0.25, -0.2) is 4.98 Å². The number of anilines is 1. The lowest BCUT2D eigenvalue weighted by atomic mass is 10.2. The van der Waals surface area contributed by atoms with Crippen LogP contribution in [0, 0.1) is 6.92 Å². The zero-order valence-corrected chi connectivity index (χ0v) is 12.6. The molecule has 0 aliphatic carbocycles. The predicted molar refractivity (Wildman–Crippen MR) is 84.5 cm³/mol. The van der Waals surface area contributed by atoms with Crippen molar-refractivity contribution < 1.29 is 9.53 Å². The van der Waals surface area contributed by atoms with Crippen LogP contribution in [0.3, 0.4) is 0 Å². The SMILES string of the molecule is Cc1cnc(NC(=O)CCOc2ccc3c(=O)[nH][nH]c3c2)s1. The number of aryl methyl sites for hydroxylation is 1. The molecule has 8 heteroatoms. The predicted octanol–water partition coefficient (Wildman–Crippen LogP) is 2.03. The van der Waals surface area contributed by atoms with Crippen LogP contribution in [0.1, 0.15) is 11.3 Å². The molecule has 0 radical (unpaired) electrons. The van der Waals surface area contributed by atoms with Crippen LogP contribution in [0.25, 0.3) is 10.9 Å². The number of aromatic nitrogens is 3. The van der Waals surface area contributed by atoms with Crippen LogP contribution >= 0.6 is 11.3 Å². The van der Waals surface area contributed by atoms with Gasteiger partial charge in [-0.2, -0.15) is 0 Å². The van der Waals surface area contributed by atoms with Gasteiger partial charge in [0, 0.05) is 17.1 Å². The second-order valence-electron chi connectivity index (χ2n) is 4.71. The number of H-pyrrole nitrogens is 2. The summed E-state index contributed by atoms with van der Waals surface area (Å²) in [6, 6.07) is 5.10. The molecular weight excluding hydrogens is 304 g/mol. The summed E-state index contributed by atoms with van der Waals surface area (Å²) in [7, 11) is 0. The standard InChI is InChI=1S/C14H14N4O3S/c1-8-7-15-14(22-8)16-12(19)4-5-21-9-2-3-10-11(6-9)17-18-13(10)20/h2-3,6-7H,4-5H2,1H3,(H,15,16,19)(H2,17,18,20). The average molecular weight is 318 g/mol. The van der Waals surface area contributed by atoms with E-state index in [0.717, 1.165) is 4.88 Å². The van der Waals surface area contributed by atoms with E-state index in [4.69, 9.17) is 4.74 Å². The topological polar surface area (TPSA) is 99.9 Å². The number of carbonyl (C=O) groups excluding carboxylic acids is 1. The van der Waals surface area contributed by atoms with Gasteiger partial charge in [-0.15, -0.1) is 11.3 Å². The third kappa shape index (κ3) is 3.17. The minimum atomic E-state index is -0.167. The molecule has 22 heavy (non-hydrogen) atoms. The number of rotatable bonds is 5. The molecule has 1 aromatic carbocycles. The van der Waals surface area contributed by atoms with Crippen LogP contribution in [0.15, 0.2) is 29.2 Å². The Balaban J connectivity index is 1.53. The molecule has 3 aromatic rings. The van der Waals surface area contributed by atoms with E-state index in [1.807, 2.05) is 6.92 Å². The molecule has 7 nitrogen and oxygen atoms in total. The molecule has 0 spiro atoms. The number of benzene rings is 1. The first-order valence-corrected chi connectivity index (χ1v) is 7.49. The van der Waals surface area contributed by atoms with Crippen molar-refractivity contribution in [2.75, 3.05) is 11.9 Å². The number of hydrogen-bond donors (Lipinski definition) is 3. The normalized spacial score (nSPS) is 10.8. The summed E-state index contributed by atoms with van der Waals surface area (Å²) in [6.07, 6.45) is 1.93. The third-order valence-electron chi connectivity index (χ3n) is 3.01. The van der Waals surface area contributed by atoms with Crippen LogP contribution in [-0.4, -0.2) is 27.7 Å². The van der Waals surface area contributed by atoms with Crippen LogP contribution in [0.2, 0.25) is 0 Å². The summed E-state index contributed by atoms with van der Waals surface area (Å²) in [4.78, 5) is 28.2. The number of nitrogens with one attached hydrogen (secondary N) is 3. The molecule has 3 N–H and O–H groups in total. The fraction of sp³-hybridized carbons (Fsp3) is 0.214. The van der Waals surface area contributed by atoms with Crippen molar-refractivity contribution in [1.82, 2.24) is 15.2 Å². The number of aromatic amines is 2. The average Bonchev–Trinajstić information content (AvgIpc) is 3.05. The smallest absolute Gasteiger partial charge is 0.271 e. The van der Waals surface area contributed by atoms with Crippen LogP contribution in [0.5, 0.6) is 5.75 Å². The zero-order valence-electron chi connectivity index (χ0n) is 11.8. The molecule has 3 rings (SSSR count). The van der Waals surface area contributed by atoms with Gasteiger partial charge in [0.15, 0.2) is 5.13 Å². The quantitative estimate of drug-likeness (QED) is 0.670. The van der Waals surface area contributed by atoms with Crippen molar-refractivity contribution in [2.45, 2.75) is 13.3 Å². The Morgan fingerprint density at radius 2 is 2.27 bits per heavy atom. The van der Waals surface area contributed by atoms with Crippen molar-refractivity contribution in [3.8, 4) is 5.75 Å². The molecular formula is C14H14N4O3S. The van der Waals surface area contributed by atoms with E-state index < -0.39 is 0 Å². The van der Waals surface area contributed by atoms with E-state index in [1.54, 1.807) is 24.4 Å². The highest BCUT2D eigenvalue weighted by Crippen LogP contribution is 2.18. The Kier molecular flexibility index (Phi) is 3.92. The number of thiazole rings is 1. The van der Waals surface area contributed by atoms with Crippen molar-refractivity contribution in [2.24, 2.45) is 0 Å². The highest BCUT2D eigenvalue weighted by molar-refractivity contribution is 7.15. The highest BCUT2D eigenvalue weighted by Gasteiger charge is 2.07. The lowest BCUT2D eigenvalue weighted by Gasteiger charge is -2.05. The Bertz CT molecular complexity index is 864. The van der Waals surface area contributed by atoms with E-state index in [2.05, 4.69) is 20.5 Å². The maximum atomic E-state index is 11.8. The Morgan fingerprint density at radius 1 is 1.41 bits per heavy atom. The van der Waals surface area contributed by atoms with E-state index in [0.29, 0.717) is 21.8 Å². The number of hydrogen-bond acceptors (Lipinski definition) is 5. The first kappa shape index (κ1) is 14.3. The number of carbonyl (C=O) groups is 1. The van der Waals surface area contributed by atoms with Gasteiger partial charge in [0.25, 0.3) is 5.56 Å². The summed E-state index contributed by atoms with van der Waals surface area (Å²) in [6.45, 7) is 2.17. The lowest BCUT2D eigenvalue weighted by molar-refractivity contribution is -0.116. The van der Waals surface area contributed by atoms with Crippen molar-refractivity contribution in [3.63, 3.8) is 0 Å². The maximum Gasteiger partial charge on any atom is 0.271 e. The monoisotopic (exact) mass is 318 g/mol. The van der Waals surface area contributed by atoms with Gasteiger partial charge in [-0.3, -0.25) is 19.8 Å². The highest BCUT2D eigenvalue weighted by atomic mass is 32.1. The van der Waals surface area contributed by atoms with Gasteiger partial charge in [-0.05, 0) is 19.1 Å². The van der Waals surface area contributed by atoms with Crippen molar-refractivity contribution in [3.05, 3.63) is 39.6 Å². The summed E-state index contributed by atoms with van der Waals surface area (Å²) < 4.78 is 5.52.